The molecule has 1 rings (SSSR count). The second-order valence-electron chi connectivity index (χ2n) is 5.62. The molecule has 0 N–H and O–H groups in total. The van der Waals surface area contributed by atoms with Crippen LogP contribution in [0.4, 0.5) is 0 Å². The molecule has 114 valence electrons. The predicted octanol–water partition coefficient (Wildman–Crippen LogP) is 5.34. The zero-order valence-electron chi connectivity index (χ0n) is 13.0. The Labute approximate surface area is 124 Å². The first-order valence-corrected chi connectivity index (χ1v) is 8.32. The molecule has 0 aromatic rings. The molecule has 1 aliphatic rings. The van der Waals surface area contributed by atoms with Crippen LogP contribution in [-0.4, -0.2) is 12.1 Å². The van der Waals surface area contributed by atoms with Crippen LogP contribution in [0.2, 0.25) is 0 Å². The van der Waals surface area contributed by atoms with Crippen LogP contribution in [0, 0.1) is 0 Å². The van der Waals surface area contributed by atoms with Gasteiger partial charge in [0.2, 0.25) is 0 Å². The summed E-state index contributed by atoms with van der Waals surface area (Å²) in [7, 11) is 0. The second kappa shape index (κ2) is 11.7. The van der Waals surface area contributed by atoms with E-state index in [-0.39, 0.29) is 12.1 Å². The Bertz CT molecular complexity index is 305. The van der Waals surface area contributed by atoms with E-state index in [0.717, 1.165) is 38.5 Å². The number of carbonyl (C=O) groups excluding carboxylic acids is 1. The average Bonchev–Trinajstić information content (AvgIpc) is 2.42. The third kappa shape index (κ3) is 8.95. The lowest BCUT2D eigenvalue weighted by Gasteiger charge is -2.15. The fraction of sp³-hybridized carbons (Fsp3) is 0.722. The van der Waals surface area contributed by atoms with Gasteiger partial charge >= 0.3 is 5.97 Å². The summed E-state index contributed by atoms with van der Waals surface area (Å²) in [6.45, 7) is 2.14. The molecule has 0 aromatic carbocycles. The molecule has 0 saturated heterocycles. The van der Waals surface area contributed by atoms with Gasteiger partial charge in [-0.3, -0.25) is 4.79 Å². The third-order valence-electron chi connectivity index (χ3n) is 3.66. The van der Waals surface area contributed by atoms with Crippen LogP contribution in [0.5, 0.6) is 0 Å². The van der Waals surface area contributed by atoms with Crippen LogP contribution >= 0.6 is 0 Å². The summed E-state index contributed by atoms with van der Waals surface area (Å²) in [5.74, 6) is -0.0103. The minimum absolute atomic E-state index is 0.0103. The lowest BCUT2D eigenvalue weighted by molar-refractivity contribution is -0.149. The summed E-state index contributed by atoms with van der Waals surface area (Å²) in [4.78, 5) is 11.8. The molecule has 1 unspecified atom stereocenters. The highest BCUT2D eigenvalue weighted by Crippen LogP contribution is 2.13. The SMILES string of the molecule is CCCC1CC=CCC=CCCCCCCCC(=O)O1. The van der Waals surface area contributed by atoms with Gasteiger partial charge in [0.05, 0.1) is 0 Å². The normalized spacial score (nSPS) is 23.4. The molecule has 0 saturated carbocycles. The molecule has 0 fully saturated rings. The third-order valence-corrected chi connectivity index (χ3v) is 3.66. The van der Waals surface area contributed by atoms with Crippen molar-refractivity contribution < 1.29 is 9.53 Å². The van der Waals surface area contributed by atoms with E-state index >= 15 is 0 Å². The molecular formula is C18H30O2. The molecule has 0 amide bonds. The standard InChI is InChI=1S/C18H30O2/c1-2-14-17-15-12-10-8-6-4-3-5-7-9-11-13-16-18(19)20-17/h4,6,10,12,17H,2-3,5,7-9,11,13-16H2,1H3. The van der Waals surface area contributed by atoms with Gasteiger partial charge < -0.3 is 4.74 Å². The first-order chi connectivity index (χ1) is 9.83. The number of cyclic esters (lactones) is 1. The lowest BCUT2D eigenvalue weighted by atomic mass is 10.1. The molecule has 1 aliphatic heterocycles. The van der Waals surface area contributed by atoms with Gasteiger partial charge in [-0.15, -0.1) is 0 Å². The smallest absolute Gasteiger partial charge is 0.306 e. The maximum absolute atomic E-state index is 11.8. The maximum Gasteiger partial charge on any atom is 0.306 e. The zero-order valence-corrected chi connectivity index (χ0v) is 13.0. The highest BCUT2D eigenvalue weighted by atomic mass is 16.5. The van der Waals surface area contributed by atoms with Gasteiger partial charge in [-0.25, -0.2) is 0 Å². The highest BCUT2D eigenvalue weighted by Gasteiger charge is 2.12. The lowest BCUT2D eigenvalue weighted by Crippen LogP contribution is -2.17. The van der Waals surface area contributed by atoms with Crippen molar-refractivity contribution in [3.8, 4) is 0 Å². The predicted molar refractivity (Wildman–Crippen MR) is 84.6 cm³/mol. The van der Waals surface area contributed by atoms with Crippen molar-refractivity contribution in [2.45, 2.75) is 83.7 Å². The Morgan fingerprint density at radius 3 is 2.65 bits per heavy atom. The Morgan fingerprint density at radius 2 is 1.80 bits per heavy atom. The Balaban J connectivity index is 2.46. The van der Waals surface area contributed by atoms with Crippen LogP contribution in [0.15, 0.2) is 24.3 Å². The Hall–Kier alpha value is -1.05. The van der Waals surface area contributed by atoms with E-state index in [2.05, 4.69) is 31.2 Å². The van der Waals surface area contributed by atoms with E-state index < -0.39 is 0 Å². The summed E-state index contributed by atoms with van der Waals surface area (Å²) in [5.41, 5.74) is 0. The molecule has 1 heterocycles. The van der Waals surface area contributed by atoms with Crippen molar-refractivity contribution in [2.24, 2.45) is 0 Å². The van der Waals surface area contributed by atoms with Crippen LogP contribution < -0.4 is 0 Å². The van der Waals surface area contributed by atoms with E-state index in [1.807, 2.05) is 0 Å². The number of ether oxygens (including phenoxy) is 1. The first kappa shape index (κ1) is 17.0. The Morgan fingerprint density at radius 1 is 1.05 bits per heavy atom. The molecule has 0 radical (unpaired) electrons. The van der Waals surface area contributed by atoms with Gasteiger partial charge in [-0.1, -0.05) is 56.9 Å². The molecule has 0 aromatic heterocycles. The minimum atomic E-state index is -0.0103. The maximum atomic E-state index is 11.8. The van der Waals surface area contributed by atoms with Gasteiger partial charge in [0.25, 0.3) is 0 Å². The number of hydrogen-bond acceptors (Lipinski definition) is 2. The van der Waals surface area contributed by atoms with Gasteiger partial charge in [0.1, 0.15) is 6.10 Å². The number of carbonyl (C=O) groups is 1. The molecule has 2 heteroatoms. The number of rotatable bonds is 2. The van der Waals surface area contributed by atoms with Crippen molar-refractivity contribution in [3.63, 3.8) is 0 Å². The summed E-state index contributed by atoms with van der Waals surface area (Å²) >= 11 is 0. The summed E-state index contributed by atoms with van der Waals surface area (Å²) in [5, 5.41) is 0. The van der Waals surface area contributed by atoms with Crippen molar-refractivity contribution >= 4 is 5.97 Å². The number of hydrogen-bond donors (Lipinski definition) is 0. The average molecular weight is 278 g/mol. The van der Waals surface area contributed by atoms with Gasteiger partial charge in [-0.2, -0.15) is 0 Å². The first-order valence-electron chi connectivity index (χ1n) is 8.32. The van der Waals surface area contributed by atoms with Gasteiger partial charge in [0.15, 0.2) is 0 Å². The summed E-state index contributed by atoms with van der Waals surface area (Å²) in [6, 6.07) is 0. The fourth-order valence-electron chi connectivity index (χ4n) is 2.49. The van der Waals surface area contributed by atoms with Crippen LogP contribution in [0.25, 0.3) is 0 Å². The van der Waals surface area contributed by atoms with E-state index in [9.17, 15) is 4.79 Å². The molecule has 0 spiro atoms. The van der Waals surface area contributed by atoms with Gasteiger partial charge in [0, 0.05) is 12.8 Å². The van der Waals surface area contributed by atoms with Crippen LogP contribution in [-0.2, 0) is 9.53 Å². The number of esters is 1. The van der Waals surface area contributed by atoms with E-state index in [4.69, 9.17) is 4.74 Å². The molecule has 1 atom stereocenters. The zero-order chi connectivity index (χ0) is 14.5. The summed E-state index contributed by atoms with van der Waals surface area (Å²) in [6.07, 6.45) is 20.5. The van der Waals surface area contributed by atoms with Gasteiger partial charge in [-0.05, 0) is 32.1 Å². The topological polar surface area (TPSA) is 26.3 Å². The quantitative estimate of drug-likeness (QED) is 0.503. The molecule has 0 bridgehead atoms. The van der Waals surface area contributed by atoms with E-state index in [1.165, 1.54) is 25.7 Å². The molecular weight excluding hydrogens is 248 g/mol. The van der Waals surface area contributed by atoms with Crippen molar-refractivity contribution in [1.29, 1.82) is 0 Å². The van der Waals surface area contributed by atoms with E-state index in [1.54, 1.807) is 0 Å². The molecule has 20 heavy (non-hydrogen) atoms. The Kier molecular flexibility index (Phi) is 9.99. The highest BCUT2D eigenvalue weighted by molar-refractivity contribution is 5.69. The van der Waals surface area contributed by atoms with Crippen LogP contribution in [0.1, 0.15) is 77.6 Å². The van der Waals surface area contributed by atoms with Crippen LogP contribution in [0.3, 0.4) is 0 Å². The van der Waals surface area contributed by atoms with Crippen molar-refractivity contribution in [3.05, 3.63) is 24.3 Å². The molecule has 2 nitrogen and oxygen atoms in total. The van der Waals surface area contributed by atoms with Crippen molar-refractivity contribution in [1.82, 2.24) is 0 Å². The number of allylic oxidation sites excluding steroid dienone is 3. The fourth-order valence-corrected chi connectivity index (χ4v) is 2.49. The van der Waals surface area contributed by atoms with Crippen molar-refractivity contribution in [2.75, 3.05) is 0 Å². The second-order valence-corrected chi connectivity index (χ2v) is 5.62. The largest absolute Gasteiger partial charge is 0.462 e. The van der Waals surface area contributed by atoms with E-state index in [0.29, 0.717) is 6.42 Å². The monoisotopic (exact) mass is 278 g/mol. The summed E-state index contributed by atoms with van der Waals surface area (Å²) < 4.78 is 5.58. The molecule has 0 aliphatic carbocycles. The minimum Gasteiger partial charge on any atom is -0.462 e.